The molecule has 27 heavy (non-hydrogen) atoms. The van der Waals surface area contributed by atoms with E-state index in [-0.39, 0.29) is 0 Å². The van der Waals surface area contributed by atoms with Crippen LogP contribution in [-0.4, -0.2) is 34.7 Å². The quantitative estimate of drug-likeness (QED) is 0.582. The van der Waals surface area contributed by atoms with Crippen molar-refractivity contribution in [2.45, 2.75) is 39.5 Å². The summed E-state index contributed by atoms with van der Waals surface area (Å²) < 4.78 is 0. The Morgan fingerprint density at radius 3 is 2.85 bits per heavy atom. The van der Waals surface area contributed by atoms with Crippen LogP contribution in [0.15, 0.2) is 36.4 Å². The number of benzene rings is 1. The maximum atomic E-state index is 5.41. The van der Waals surface area contributed by atoms with Crippen molar-refractivity contribution in [2.75, 3.05) is 29.9 Å². The highest BCUT2D eigenvalue weighted by molar-refractivity contribution is 7.80. The van der Waals surface area contributed by atoms with Gasteiger partial charge < -0.3 is 15.5 Å². The maximum Gasteiger partial charge on any atom is 0.231 e. The third-order valence-corrected chi connectivity index (χ3v) is 5.06. The van der Waals surface area contributed by atoms with E-state index in [4.69, 9.17) is 12.2 Å². The van der Waals surface area contributed by atoms with Crippen LogP contribution in [0.1, 0.15) is 37.4 Å². The molecule has 2 N–H and O–H groups in total. The Balaban J connectivity index is 1.50. The van der Waals surface area contributed by atoms with Crippen LogP contribution < -0.4 is 15.5 Å². The number of anilines is 2. The van der Waals surface area contributed by atoms with Crippen molar-refractivity contribution in [1.82, 2.24) is 15.3 Å². The number of nitrogens with zero attached hydrogens (tertiary/aromatic N) is 3. The molecule has 0 bridgehead atoms. The van der Waals surface area contributed by atoms with E-state index in [1.807, 2.05) is 13.0 Å². The van der Waals surface area contributed by atoms with Crippen LogP contribution in [0.4, 0.5) is 11.8 Å². The van der Waals surface area contributed by atoms with Crippen molar-refractivity contribution in [3.63, 3.8) is 0 Å². The molecular formula is C21H29N5S. The second-order valence-electron chi connectivity index (χ2n) is 7.35. The van der Waals surface area contributed by atoms with Crippen molar-refractivity contribution in [2.24, 2.45) is 5.92 Å². The van der Waals surface area contributed by atoms with Crippen LogP contribution in [0.25, 0.3) is 0 Å². The first kappa shape index (κ1) is 19.5. The van der Waals surface area contributed by atoms with Crippen molar-refractivity contribution in [1.29, 1.82) is 0 Å². The highest BCUT2D eigenvalue weighted by Crippen LogP contribution is 2.22. The summed E-state index contributed by atoms with van der Waals surface area (Å²) in [6.45, 7) is 7.23. The minimum atomic E-state index is 0.573. The zero-order chi connectivity index (χ0) is 19.1. The molecule has 0 aliphatic carbocycles. The third-order valence-electron chi connectivity index (χ3n) is 4.82. The fourth-order valence-corrected chi connectivity index (χ4v) is 3.65. The lowest BCUT2D eigenvalue weighted by molar-refractivity contribution is 0.444. The zero-order valence-electron chi connectivity index (χ0n) is 16.2. The molecule has 1 aromatic carbocycles. The first-order valence-electron chi connectivity index (χ1n) is 9.79. The number of aryl methyl sites for hydroxylation is 2. The minimum absolute atomic E-state index is 0.573. The Bertz CT molecular complexity index is 749. The maximum absolute atomic E-state index is 5.41. The second kappa shape index (κ2) is 9.65. The molecule has 2 aromatic rings. The predicted octanol–water partition coefficient (Wildman–Crippen LogP) is 3.94. The molecule has 6 heteroatoms. The molecule has 1 aliphatic heterocycles. The van der Waals surface area contributed by atoms with Crippen LogP contribution in [-0.2, 0) is 6.42 Å². The second-order valence-corrected chi connectivity index (χ2v) is 7.76. The van der Waals surface area contributed by atoms with E-state index < -0.39 is 0 Å². The van der Waals surface area contributed by atoms with Crippen molar-refractivity contribution >= 4 is 29.1 Å². The van der Waals surface area contributed by atoms with Crippen LogP contribution >= 0.6 is 12.2 Å². The number of hydrogen-bond acceptors (Lipinski definition) is 4. The fourth-order valence-electron chi connectivity index (χ4n) is 3.45. The SMILES string of the molecule is Cc1cc(N2CCC[C@@H](C)C2)nc(NC(=S)NCCCc2ccccc2)n1. The molecule has 1 fully saturated rings. The smallest absolute Gasteiger partial charge is 0.231 e. The summed E-state index contributed by atoms with van der Waals surface area (Å²) in [4.78, 5) is 11.5. The first-order valence-corrected chi connectivity index (χ1v) is 10.2. The van der Waals surface area contributed by atoms with E-state index in [1.165, 1.54) is 18.4 Å². The van der Waals surface area contributed by atoms with Gasteiger partial charge in [0, 0.05) is 31.4 Å². The molecule has 1 aliphatic rings. The van der Waals surface area contributed by atoms with Crippen molar-refractivity contribution in [3.8, 4) is 0 Å². The summed E-state index contributed by atoms with van der Waals surface area (Å²) in [6.07, 6.45) is 4.57. The Hall–Kier alpha value is -2.21. The average Bonchev–Trinajstić information content (AvgIpc) is 2.66. The molecule has 0 saturated carbocycles. The lowest BCUT2D eigenvalue weighted by Gasteiger charge is -2.32. The summed E-state index contributed by atoms with van der Waals surface area (Å²) in [5.41, 5.74) is 2.30. The molecule has 0 spiro atoms. The van der Waals surface area contributed by atoms with E-state index in [2.05, 4.69) is 62.8 Å². The molecule has 0 amide bonds. The molecule has 3 rings (SSSR count). The van der Waals surface area contributed by atoms with Gasteiger partial charge in [-0.25, -0.2) is 4.98 Å². The summed E-state index contributed by atoms with van der Waals surface area (Å²) in [5.74, 6) is 2.27. The molecule has 0 unspecified atom stereocenters. The summed E-state index contributed by atoms with van der Waals surface area (Å²) >= 11 is 5.41. The highest BCUT2D eigenvalue weighted by Gasteiger charge is 2.18. The van der Waals surface area contributed by atoms with E-state index in [0.717, 1.165) is 44.0 Å². The van der Waals surface area contributed by atoms with E-state index in [9.17, 15) is 0 Å². The Labute approximate surface area is 167 Å². The standard InChI is InChI=1S/C21H29N5S/c1-16-8-7-13-26(15-16)19-14-17(2)23-20(24-19)25-21(27)22-12-6-11-18-9-4-3-5-10-18/h3-5,9-10,14,16H,6-8,11-13,15H2,1-2H3,(H2,22,23,24,25,27)/t16-/m1/s1. The van der Waals surface area contributed by atoms with Crippen LogP contribution in [0.5, 0.6) is 0 Å². The molecule has 2 heterocycles. The zero-order valence-corrected chi connectivity index (χ0v) is 17.1. The van der Waals surface area contributed by atoms with Crippen LogP contribution in [0.2, 0.25) is 0 Å². The van der Waals surface area contributed by atoms with Gasteiger partial charge in [-0.1, -0.05) is 37.3 Å². The van der Waals surface area contributed by atoms with E-state index in [1.54, 1.807) is 0 Å². The van der Waals surface area contributed by atoms with Gasteiger partial charge in [-0.15, -0.1) is 0 Å². The average molecular weight is 384 g/mol. The number of nitrogens with one attached hydrogen (secondary N) is 2. The van der Waals surface area contributed by atoms with E-state index >= 15 is 0 Å². The van der Waals surface area contributed by atoms with Gasteiger partial charge in [0.1, 0.15) is 5.82 Å². The largest absolute Gasteiger partial charge is 0.362 e. The Morgan fingerprint density at radius 1 is 1.26 bits per heavy atom. The van der Waals surface area contributed by atoms with Crippen molar-refractivity contribution in [3.05, 3.63) is 47.7 Å². The highest BCUT2D eigenvalue weighted by atomic mass is 32.1. The fraction of sp³-hybridized carbons (Fsp3) is 0.476. The number of hydrogen-bond donors (Lipinski definition) is 2. The Kier molecular flexibility index (Phi) is 6.98. The van der Waals surface area contributed by atoms with Gasteiger partial charge in [0.25, 0.3) is 0 Å². The van der Waals surface area contributed by atoms with Crippen molar-refractivity contribution < 1.29 is 0 Å². The molecule has 1 saturated heterocycles. The number of aromatic nitrogens is 2. The summed E-state index contributed by atoms with van der Waals surface area (Å²) in [5, 5.41) is 6.97. The third kappa shape index (κ3) is 6.17. The lowest BCUT2D eigenvalue weighted by atomic mass is 10.0. The molecule has 1 aromatic heterocycles. The van der Waals surface area contributed by atoms with Gasteiger partial charge in [0.05, 0.1) is 0 Å². The molecule has 0 radical (unpaired) electrons. The van der Waals surface area contributed by atoms with Gasteiger partial charge >= 0.3 is 0 Å². The number of thiocarbonyl (C=S) groups is 1. The van der Waals surface area contributed by atoms with Gasteiger partial charge in [-0.2, -0.15) is 4.98 Å². The van der Waals surface area contributed by atoms with Crippen LogP contribution in [0.3, 0.4) is 0 Å². The number of piperidine rings is 1. The van der Waals surface area contributed by atoms with Gasteiger partial charge in [-0.05, 0) is 56.3 Å². The van der Waals surface area contributed by atoms with Gasteiger partial charge in [0.2, 0.25) is 5.95 Å². The summed E-state index contributed by atoms with van der Waals surface area (Å²) in [6, 6.07) is 12.6. The first-order chi connectivity index (χ1) is 13.1. The van der Waals surface area contributed by atoms with Gasteiger partial charge in [-0.3, -0.25) is 0 Å². The summed E-state index contributed by atoms with van der Waals surface area (Å²) in [7, 11) is 0. The molecule has 5 nitrogen and oxygen atoms in total. The predicted molar refractivity (Wildman–Crippen MR) is 116 cm³/mol. The van der Waals surface area contributed by atoms with Crippen LogP contribution in [0, 0.1) is 12.8 Å². The van der Waals surface area contributed by atoms with Gasteiger partial charge in [0.15, 0.2) is 5.11 Å². The minimum Gasteiger partial charge on any atom is -0.362 e. The van der Waals surface area contributed by atoms with E-state index in [0.29, 0.717) is 17.0 Å². The number of rotatable bonds is 6. The monoisotopic (exact) mass is 383 g/mol. The molecule has 144 valence electrons. The molecular weight excluding hydrogens is 354 g/mol. The normalized spacial score (nSPS) is 16.8. The molecule has 1 atom stereocenters. The topological polar surface area (TPSA) is 53.1 Å². The Morgan fingerprint density at radius 2 is 2.07 bits per heavy atom. The lowest BCUT2D eigenvalue weighted by Crippen LogP contribution is -2.35.